The van der Waals surface area contributed by atoms with Crippen LogP contribution in [0.2, 0.25) is 0 Å². The van der Waals surface area contributed by atoms with Gasteiger partial charge in [0.1, 0.15) is 5.75 Å². The average Bonchev–Trinajstić information content (AvgIpc) is 2.38. The zero-order valence-corrected chi connectivity index (χ0v) is 12.7. The molecule has 0 aliphatic carbocycles. The van der Waals surface area contributed by atoms with Gasteiger partial charge in [0, 0.05) is 11.4 Å². The van der Waals surface area contributed by atoms with Crippen molar-refractivity contribution < 1.29 is 9.53 Å². The summed E-state index contributed by atoms with van der Waals surface area (Å²) in [5, 5.41) is 3.86. The van der Waals surface area contributed by atoms with Crippen LogP contribution in [-0.4, -0.2) is 23.9 Å². The molecule has 0 spiro atoms. The fraction of sp³-hybridized carbons (Fsp3) is 0.500. The molecule has 100 valence electrons. The summed E-state index contributed by atoms with van der Waals surface area (Å²) in [5.74, 6) is 0.934. The van der Waals surface area contributed by atoms with E-state index in [2.05, 4.69) is 28.2 Å². The monoisotopic (exact) mass is 313 g/mol. The Morgan fingerprint density at radius 2 is 2.06 bits per heavy atom. The number of carbonyl (C=O) groups is 1. The predicted molar refractivity (Wildman–Crippen MR) is 77.5 cm³/mol. The molecule has 0 aliphatic rings. The van der Waals surface area contributed by atoms with Gasteiger partial charge in [-0.3, -0.25) is 4.79 Å². The molecule has 1 N–H and O–H groups in total. The van der Waals surface area contributed by atoms with Gasteiger partial charge in [0.05, 0.1) is 12.2 Å². The molecule has 0 aromatic heterocycles. The maximum Gasteiger partial charge on any atom is 0.255 e. The van der Waals surface area contributed by atoms with E-state index in [1.165, 1.54) is 0 Å². The van der Waals surface area contributed by atoms with Gasteiger partial charge in [-0.1, -0.05) is 35.0 Å². The first-order chi connectivity index (χ1) is 8.60. The van der Waals surface area contributed by atoms with E-state index >= 15 is 0 Å². The van der Waals surface area contributed by atoms with E-state index in [0.29, 0.717) is 23.8 Å². The molecule has 0 saturated heterocycles. The smallest absolute Gasteiger partial charge is 0.255 e. The van der Waals surface area contributed by atoms with Crippen LogP contribution in [0, 0.1) is 5.92 Å². The number of para-hydroxylation sites is 1. The average molecular weight is 314 g/mol. The molecule has 4 heteroatoms. The lowest BCUT2D eigenvalue weighted by Crippen LogP contribution is -2.37. The van der Waals surface area contributed by atoms with Crippen molar-refractivity contribution in [2.75, 3.05) is 11.9 Å². The topological polar surface area (TPSA) is 38.3 Å². The van der Waals surface area contributed by atoms with E-state index < -0.39 is 0 Å². The minimum absolute atomic E-state index is 0.0839. The first kappa shape index (κ1) is 15.0. The van der Waals surface area contributed by atoms with E-state index in [4.69, 9.17) is 4.74 Å². The summed E-state index contributed by atoms with van der Waals surface area (Å²) in [7, 11) is 0. The van der Waals surface area contributed by atoms with Crippen molar-refractivity contribution >= 4 is 21.8 Å². The third-order valence-electron chi connectivity index (χ3n) is 2.89. The molecular formula is C14H20BrNO2. The number of carbonyl (C=O) groups excluding carboxylic acids is 1. The molecule has 18 heavy (non-hydrogen) atoms. The lowest BCUT2D eigenvalue weighted by Gasteiger charge is -2.20. The van der Waals surface area contributed by atoms with Crippen LogP contribution in [-0.2, 0) is 0 Å². The Kier molecular flexibility index (Phi) is 6.19. The Bertz CT molecular complexity index is 395. The van der Waals surface area contributed by atoms with Crippen LogP contribution >= 0.6 is 15.9 Å². The predicted octanol–water partition coefficient (Wildman–Crippen LogP) is 3.23. The Labute approximate surface area is 117 Å². The molecular weight excluding hydrogens is 294 g/mol. The Morgan fingerprint density at radius 1 is 1.39 bits per heavy atom. The molecule has 1 aromatic rings. The Morgan fingerprint density at radius 3 is 2.67 bits per heavy atom. The number of benzene rings is 1. The normalized spacial score (nSPS) is 13.8. The zero-order valence-electron chi connectivity index (χ0n) is 11.1. The number of hydrogen-bond acceptors (Lipinski definition) is 2. The molecule has 0 saturated carbocycles. The minimum atomic E-state index is -0.0839. The highest BCUT2D eigenvalue weighted by molar-refractivity contribution is 9.09. The maximum absolute atomic E-state index is 12.2. The lowest BCUT2D eigenvalue weighted by molar-refractivity contribution is 0.0927. The van der Waals surface area contributed by atoms with Crippen molar-refractivity contribution in [3.8, 4) is 5.75 Å². The van der Waals surface area contributed by atoms with Gasteiger partial charge >= 0.3 is 0 Å². The summed E-state index contributed by atoms with van der Waals surface area (Å²) < 4.78 is 5.46. The number of amides is 1. The van der Waals surface area contributed by atoms with Gasteiger partial charge < -0.3 is 10.1 Å². The van der Waals surface area contributed by atoms with E-state index in [-0.39, 0.29) is 11.9 Å². The van der Waals surface area contributed by atoms with Crippen molar-refractivity contribution in [3.63, 3.8) is 0 Å². The van der Waals surface area contributed by atoms with Crippen molar-refractivity contribution in [2.45, 2.75) is 26.8 Å². The number of hydrogen-bond donors (Lipinski definition) is 1. The number of halogens is 1. The summed E-state index contributed by atoms with van der Waals surface area (Å²) in [6.07, 6.45) is 0. The van der Waals surface area contributed by atoms with Crippen LogP contribution in [0.3, 0.4) is 0 Å². The Balaban J connectivity index is 2.77. The second-order valence-corrected chi connectivity index (χ2v) is 4.97. The standard InChI is InChI=1S/C14H20BrNO2/c1-4-18-13-8-6-5-7-12(13)14(17)16-11(3)10(2)9-15/h5-8,10-11H,4,9H2,1-3H3,(H,16,17). The van der Waals surface area contributed by atoms with Crippen molar-refractivity contribution in [1.82, 2.24) is 5.32 Å². The van der Waals surface area contributed by atoms with Crippen LogP contribution in [0.15, 0.2) is 24.3 Å². The quantitative estimate of drug-likeness (QED) is 0.819. The van der Waals surface area contributed by atoms with Crippen molar-refractivity contribution in [3.05, 3.63) is 29.8 Å². The maximum atomic E-state index is 12.2. The van der Waals surface area contributed by atoms with Gasteiger partial charge in [0.15, 0.2) is 0 Å². The van der Waals surface area contributed by atoms with Crippen LogP contribution in [0.25, 0.3) is 0 Å². The zero-order chi connectivity index (χ0) is 13.5. The SMILES string of the molecule is CCOc1ccccc1C(=O)NC(C)C(C)CBr. The summed E-state index contributed by atoms with van der Waals surface area (Å²) in [6.45, 7) is 6.56. The highest BCUT2D eigenvalue weighted by Crippen LogP contribution is 2.18. The number of ether oxygens (including phenoxy) is 1. The summed E-state index contributed by atoms with van der Waals surface area (Å²) in [5.41, 5.74) is 0.591. The van der Waals surface area contributed by atoms with Gasteiger partial charge in [0.2, 0.25) is 0 Å². The van der Waals surface area contributed by atoms with Gasteiger partial charge in [-0.05, 0) is 31.9 Å². The van der Waals surface area contributed by atoms with Crippen molar-refractivity contribution in [1.29, 1.82) is 0 Å². The first-order valence-corrected chi connectivity index (χ1v) is 7.31. The summed E-state index contributed by atoms with van der Waals surface area (Å²) in [4.78, 5) is 12.2. The molecule has 0 aliphatic heterocycles. The van der Waals surface area contributed by atoms with Gasteiger partial charge in [-0.15, -0.1) is 0 Å². The molecule has 1 amide bonds. The van der Waals surface area contributed by atoms with Crippen LogP contribution < -0.4 is 10.1 Å². The number of rotatable bonds is 6. The molecule has 1 rings (SSSR count). The highest BCUT2D eigenvalue weighted by Gasteiger charge is 2.17. The van der Waals surface area contributed by atoms with Gasteiger partial charge in [0.25, 0.3) is 5.91 Å². The van der Waals surface area contributed by atoms with Crippen LogP contribution in [0.4, 0.5) is 0 Å². The molecule has 0 heterocycles. The number of nitrogens with one attached hydrogen (secondary N) is 1. The molecule has 0 radical (unpaired) electrons. The molecule has 3 nitrogen and oxygen atoms in total. The first-order valence-electron chi connectivity index (χ1n) is 6.18. The third kappa shape index (κ3) is 4.02. The molecule has 0 fully saturated rings. The fourth-order valence-electron chi connectivity index (χ4n) is 1.50. The van der Waals surface area contributed by atoms with Gasteiger partial charge in [-0.25, -0.2) is 0 Å². The largest absolute Gasteiger partial charge is 0.493 e. The van der Waals surface area contributed by atoms with E-state index in [1.54, 1.807) is 6.07 Å². The van der Waals surface area contributed by atoms with Crippen LogP contribution in [0.5, 0.6) is 5.75 Å². The molecule has 0 bridgehead atoms. The second-order valence-electron chi connectivity index (χ2n) is 4.32. The third-order valence-corrected chi connectivity index (χ3v) is 3.91. The van der Waals surface area contributed by atoms with Gasteiger partial charge in [-0.2, -0.15) is 0 Å². The van der Waals surface area contributed by atoms with E-state index in [1.807, 2.05) is 32.0 Å². The molecule has 2 unspecified atom stereocenters. The van der Waals surface area contributed by atoms with Crippen molar-refractivity contribution in [2.24, 2.45) is 5.92 Å². The fourth-order valence-corrected chi connectivity index (χ4v) is 2.06. The van der Waals surface area contributed by atoms with Crippen LogP contribution in [0.1, 0.15) is 31.1 Å². The highest BCUT2D eigenvalue weighted by atomic mass is 79.9. The summed E-state index contributed by atoms with van der Waals surface area (Å²) >= 11 is 3.42. The Hall–Kier alpha value is -1.03. The lowest BCUT2D eigenvalue weighted by atomic mass is 10.1. The molecule has 1 aromatic carbocycles. The minimum Gasteiger partial charge on any atom is -0.493 e. The second kappa shape index (κ2) is 7.41. The molecule has 2 atom stereocenters. The van der Waals surface area contributed by atoms with E-state index in [0.717, 1.165) is 5.33 Å². The summed E-state index contributed by atoms with van der Waals surface area (Å²) in [6, 6.07) is 7.43. The number of alkyl halides is 1. The van der Waals surface area contributed by atoms with E-state index in [9.17, 15) is 4.79 Å².